The van der Waals surface area contributed by atoms with Crippen LogP contribution in [-0.4, -0.2) is 43.6 Å². The lowest BCUT2D eigenvalue weighted by atomic mass is 10.2. The molecule has 1 aromatic heterocycles. The van der Waals surface area contributed by atoms with Gasteiger partial charge in [-0.25, -0.2) is 0 Å². The molecule has 1 aromatic rings. The molecule has 0 aliphatic carbocycles. The van der Waals surface area contributed by atoms with Crippen molar-refractivity contribution in [2.45, 2.75) is 25.2 Å². The van der Waals surface area contributed by atoms with Crippen molar-refractivity contribution in [3.05, 3.63) is 22.4 Å². The van der Waals surface area contributed by atoms with Crippen LogP contribution in [0.5, 0.6) is 0 Å². The number of ether oxygens (including phenoxy) is 2. The van der Waals surface area contributed by atoms with Crippen LogP contribution in [0.25, 0.3) is 0 Å². The molecule has 2 N–H and O–H groups in total. The highest BCUT2D eigenvalue weighted by Gasteiger charge is 2.16. The molecule has 96 valence electrons. The molecule has 17 heavy (non-hydrogen) atoms. The number of hydrogen-bond donors (Lipinski definition) is 2. The Labute approximate surface area is 106 Å². The van der Waals surface area contributed by atoms with Crippen LogP contribution in [0.4, 0.5) is 0 Å². The molecule has 0 saturated carbocycles. The molecule has 2 rings (SSSR count). The third-order valence-electron chi connectivity index (χ3n) is 2.71. The van der Waals surface area contributed by atoms with E-state index >= 15 is 0 Å². The summed E-state index contributed by atoms with van der Waals surface area (Å²) in [6.07, 6.45) is 0.582. The Kier molecular flexibility index (Phi) is 5.41. The van der Waals surface area contributed by atoms with E-state index in [-0.39, 0.29) is 0 Å². The first kappa shape index (κ1) is 13.0. The molecule has 0 spiro atoms. The van der Waals surface area contributed by atoms with E-state index < -0.39 is 6.10 Å². The summed E-state index contributed by atoms with van der Waals surface area (Å²) in [6, 6.07) is 4.43. The van der Waals surface area contributed by atoms with Crippen LogP contribution in [0.1, 0.15) is 11.3 Å². The van der Waals surface area contributed by atoms with E-state index in [2.05, 4.69) is 5.32 Å². The van der Waals surface area contributed by atoms with Gasteiger partial charge in [-0.3, -0.25) is 0 Å². The van der Waals surface area contributed by atoms with Gasteiger partial charge in [0.1, 0.15) is 0 Å². The second-order valence-electron chi connectivity index (χ2n) is 4.22. The van der Waals surface area contributed by atoms with Gasteiger partial charge in [0.05, 0.1) is 25.9 Å². The lowest BCUT2D eigenvalue weighted by Crippen LogP contribution is -2.37. The molecule has 4 nitrogen and oxygen atoms in total. The Morgan fingerprint density at radius 3 is 3.29 bits per heavy atom. The SMILES string of the molecule is OC(CNC1CCOC1)COCc1cccs1. The van der Waals surface area contributed by atoms with Gasteiger partial charge in [0.2, 0.25) is 0 Å². The second kappa shape index (κ2) is 7.08. The molecule has 1 aliphatic rings. The first-order chi connectivity index (χ1) is 8.34. The van der Waals surface area contributed by atoms with Crippen molar-refractivity contribution >= 4 is 11.3 Å². The van der Waals surface area contributed by atoms with Crippen LogP contribution in [0.2, 0.25) is 0 Å². The average molecular weight is 257 g/mol. The van der Waals surface area contributed by atoms with Crippen LogP contribution >= 0.6 is 11.3 Å². The highest BCUT2D eigenvalue weighted by molar-refractivity contribution is 7.09. The molecule has 1 fully saturated rings. The zero-order chi connectivity index (χ0) is 11.9. The van der Waals surface area contributed by atoms with Gasteiger partial charge in [-0.1, -0.05) is 6.07 Å². The third kappa shape index (κ3) is 4.73. The Morgan fingerprint density at radius 1 is 1.65 bits per heavy atom. The van der Waals surface area contributed by atoms with Gasteiger partial charge in [0.15, 0.2) is 0 Å². The quantitative estimate of drug-likeness (QED) is 0.765. The van der Waals surface area contributed by atoms with Gasteiger partial charge in [-0.15, -0.1) is 11.3 Å². The monoisotopic (exact) mass is 257 g/mol. The smallest absolute Gasteiger partial charge is 0.0897 e. The Balaban J connectivity index is 1.52. The van der Waals surface area contributed by atoms with Crippen LogP contribution in [0, 0.1) is 0 Å². The zero-order valence-corrected chi connectivity index (χ0v) is 10.6. The van der Waals surface area contributed by atoms with E-state index in [1.165, 1.54) is 4.88 Å². The van der Waals surface area contributed by atoms with E-state index in [0.29, 0.717) is 25.8 Å². The van der Waals surface area contributed by atoms with Crippen molar-refractivity contribution < 1.29 is 14.6 Å². The standard InChI is InChI=1S/C12H19NO3S/c14-11(6-13-10-3-4-15-7-10)8-16-9-12-2-1-5-17-12/h1-2,5,10-11,13-14H,3-4,6-9H2. The number of nitrogens with one attached hydrogen (secondary N) is 1. The summed E-state index contributed by atoms with van der Waals surface area (Å²) in [7, 11) is 0. The number of thiophene rings is 1. The Morgan fingerprint density at radius 2 is 2.59 bits per heavy atom. The largest absolute Gasteiger partial charge is 0.389 e. The minimum atomic E-state index is -0.449. The van der Waals surface area contributed by atoms with Gasteiger partial charge in [-0.05, 0) is 17.9 Å². The fourth-order valence-corrected chi connectivity index (χ4v) is 2.39. The fourth-order valence-electron chi connectivity index (χ4n) is 1.75. The van der Waals surface area contributed by atoms with Gasteiger partial charge in [-0.2, -0.15) is 0 Å². The molecule has 0 bridgehead atoms. The molecule has 2 unspecified atom stereocenters. The predicted octanol–water partition coefficient (Wildman–Crippen LogP) is 1.00. The highest BCUT2D eigenvalue weighted by Crippen LogP contribution is 2.09. The van der Waals surface area contributed by atoms with Gasteiger partial charge >= 0.3 is 0 Å². The highest BCUT2D eigenvalue weighted by atomic mass is 32.1. The van der Waals surface area contributed by atoms with Crippen molar-refractivity contribution in [3.8, 4) is 0 Å². The van der Waals surface area contributed by atoms with Crippen LogP contribution < -0.4 is 5.32 Å². The maximum Gasteiger partial charge on any atom is 0.0897 e. The molecule has 0 radical (unpaired) electrons. The topological polar surface area (TPSA) is 50.7 Å². The summed E-state index contributed by atoms with van der Waals surface area (Å²) < 4.78 is 10.7. The van der Waals surface area contributed by atoms with Crippen molar-refractivity contribution in [1.29, 1.82) is 0 Å². The molecule has 2 atom stereocenters. The Bertz CT molecular complexity index is 299. The number of rotatable bonds is 7. The van der Waals surface area contributed by atoms with Crippen molar-refractivity contribution in [2.75, 3.05) is 26.4 Å². The summed E-state index contributed by atoms with van der Waals surface area (Å²) in [4.78, 5) is 1.19. The molecule has 0 aromatic carbocycles. The van der Waals surface area contributed by atoms with Gasteiger partial charge in [0, 0.05) is 24.1 Å². The summed E-state index contributed by atoms with van der Waals surface area (Å²) >= 11 is 1.67. The lowest BCUT2D eigenvalue weighted by Gasteiger charge is -2.15. The molecule has 0 amide bonds. The van der Waals surface area contributed by atoms with E-state index in [9.17, 15) is 5.11 Å². The lowest BCUT2D eigenvalue weighted by molar-refractivity contribution is 0.0284. The zero-order valence-electron chi connectivity index (χ0n) is 9.80. The summed E-state index contributed by atoms with van der Waals surface area (Å²) in [6.45, 7) is 3.10. The number of hydrogen-bond acceptors (Lipinski definition) is 5. The van der Waals surface area contributed by atoms with E-state index in [0.717, 1.165) is 19.6 Å². The summed E-state index contributed by atoms with van der Waals surface area (Å²) in [5, 5.41) is 15.0. The molecule has 1 saturated heterocycles. The van der Waals surface area contributed by atoms with E-state index in [1.54, 1.807) is 11.3 Å². The van der Waals surface area contributed by atoms with Crippen molar-refractivity contribution in [3.63, 3.8) is 0 Å². The van der Waals surface area contributed by atoms with Crippen molar-refractivity contribution in [2.24, 2.45) is 0 Å². The van der Waals surface area contributed by atoms with E-state index in [4.69, 9.17) is 9.47 Å². The normalized spacial score (nSPS) is 21.8. The third-order valence-corrected chi connectivity index (χ3v) is 3.56. The second-order valence-corrected chi connectivity index (χ2v) is 5.25. The number of aliphatic hydroxyl groups excluding tert-OH is 1. The molecule has 2 heterocycles. The first-order valence-corrected chi connectivity index (χ1v) is 6.82. The molecule has 5 heteroatoms. The van der Waals surface area contributed by atoms with Gasteiger partial charge in [0.25, 0.3) is 0 Å². The minimum absolute atomic E-state index is 0.373. The summed E-state index contributed by atoms with van der Waals surface area (Å²) in [5.74, 6) is 0. The maximum absolute atomic E-state index is 9.71. The van der Waals surface area contributed by atoms with Crippen LogP contribution in [-0.2, 0) is 16.1 Å². The van der Waals surface area contributed by atoms with Crippen LogP contribution in [0.15, 0.2) is 17.5 Å². The Hall–Kier alpha value is -0.460. The fraction of sp³-hybridized carbons (Fsp3) is 0.667. The maximum atomic E-state index is 9.71. The molecular weight excluding hydrogens is 238 g/mol. The molecule has 1 aliphatic heterocycles. The predicted molar refractivity (Wildman–Crippen MR) is 67.2 cm³/mol. The van der Waals surface area contributed by atoms with Crippen molar-refractivity contribution in [1.82, 2.24) is 5.32 Å². The number of aliphatic hydroxyl groups is 1. The average Bonchev–Trinajstić information content (AvgIpc) is 2.99. The van der Waals surface area contributed by atoms with E-state index in [1.807, 2.05) is 17.5 Å². The van der Waals surface area contributed by atoms with Gasteiger partial charge < -0.3 is 19.9 Å². The minimum Gasteiger partial charge on any atom is -0.389 e. The van der Waals surface area contributed by atoms with Crippen LogP contribution in [0.3, 0.4) is 0 Å². The first-order valence-electron chi connectivity index (χ1n) is 5.94. The summed E-state index contributed by atoms with van der Waals surface area (Å²) in [5.41, 5.74) is 0. The molecular formula is C12H19NO3S.